The number of nitrogens with one attached hydrogen (secondary N) is 1. The van der Waals surface area contributed by atoms with Crippen LogP contribution in [0, 0.1) is 17.1 Å². The van der Waals surface area contributed by atoms with Gasteiger partial charge in [0, 0.05) is 11.8 Å². The molecule has 4 heteroatoms. The van der Waals surface area contributed by atoms with Gasteiger partial charge in [-0.3, -0.25) is 0 Å². The SMILES string of the molecule is N#Cc1ccc(NC2CCCSC2)c(F)c1. The molecule has 0 bridgehead atoms. The molecule has 1 saturated heterocycles. The quantitative estimate of drug-likeness (QED) is 0.857. The summed E-state index contributed by atoms with van der Waals surface area (Å²) in [6.45, 7) is 0. The van der Waals surface area contributed by atoms with Gasteiger partial charge >= 0.3 is 0 Å². The molecule has 0 aliphatic carbocycles. The second-order valence-electron chi connectivity index (χ2n) is 3.86. The Kier molecular flexibility index (Phi) is 3.68. The van der Waals surface area contributed by atoms with Crippen molar-refractivity contribution in [3.63, 3.8) is 0 Å². The van der Waals surface area contributed by atoms with Gasteiger partial charge in [0.1, 0.15) is 5.82 Å². The molecule has 0 amide bonds. The number of nitriles is 1. The van der Waals surface area contributed by atoms with Crippen LogP contribution in [0.5, 0.6) is 0 Å². The molecule has 0 spiro atoms. The molecule has 0 radical (unpaired) electrons. The molecule has 1 aromatic rings. The van der Waals surface area contributed by atoms with E-state index in [2.05, 4.69) is 5.32 Å². The lowest BCUT2D eigenvalue weighted by Gasteiger charge is -2.23. The molecule has 1 N–H and O–H groups in total. The first-order valence-electron chi connectivity index (χ1n) is 5.33. The lowest BCUT2D eigenvalue weighted by Crippen LogP contribution is -2.26. The van der Waals surface area contributed by atoms with Gasteiger partial charge in [-0.25, -0.2) is 4.39 Å². The van der Waals surface area contributed by atoms with E-state index in [9.17, 15) is 4.39 Å². The lowest BCUT2D eigenvalue weighted by atomic mass is 10.1. The van der Waals surface area contributed by atoms with Gasteiger partial charge in [0.2, 0.25) is 0 Å². The third-order valence-corrected chi connectivity index (χ3v) is 3.83. The van der Waals surface area contributed by atoms with Crippen molar-refractivity contribution in [3.8, 4) is 6.07 Å². The van der Waals surface area contributed by atoms with Crippen LogP contribution in [0.25, 0.3) is 0 Å². The van der Waals surface area contributed by atoms with Crippen LogP contribution in [0.3, 0.4) is 0 Å². The van der Waals surface area contributed by atoms with Crippen LogP contribution < -0.4 is 5.32 Å². The molecule has 1 aliphatic rings. The maximum Gasteiger partial charge on any atom is 0.147 e. The molecular formula is C12H13FN2S. The molecule has 2 rings (SSSR count). The molecule has 2 nitrogen and oxygen atoms in total. The van der Waals surface area contributed by atoms with E-state index in [0.717, 1.165) is 12.2 Å². The van der Waals surface area contributed by atoms with Crippen LogP contribution in [0.4, 0.5) is 10.1 Å². The molecule has 16 heavy (non-hydrogen) atoms. The third kappa shape index (κ3) is 2.67. The van der Waals surface area contributed by atoms with E-state index in [1.165, 1.54) is 18.2 Å². The van der Waals surface area contributed by atoms with E-state index in [0.29, 0.717) is 17.3 Å². The predicted molar refractivity (Wildman–Crippen MR) is 65.1 cm³/mol. The van der Waals surface area contributed by atoms with Crippen molar-refractivity contribution >= 4 is 17.4 Å². The Balaban J connectivity index is 2.06. The molecule has 84 valence electrons. The van der Waals surface area contributed by atoms with Gasteiger partial charge in [-0.2, -0.15) is 17.0 Å². The lowest BCUT2D eigenvalue weighted by molar-refractivity contribution is 0.619. The monoisotopic (exact) mass is 236 g/mol. The zero-order valence-electron chi connectivity index (χ0n) is 8.87. The fourth-order valence-electron chi connectivity index (χ4n) is 1.78. The zero-order chi connectivity index (χ0) is 11.4. The Morgan fingerprint density at radius 3 is 3.00 bits per heavy atom. The van der Waals surface area contributed by atoms with Gasteiger partial charge in [-0.1, -0.05) is 0 Å². The maximum atomic E-state index is 13.6. The average molecular weight is 236 g/mol. The smallest absolute Gasteiger partial charge is 0.147 e. The van der Waals surface area contributed by atoms with Crippen molar-refractivity contribution in [2.75, 3.05) is 16.8 Å². The van der Waals surface area contributed by atoms with Crippen molar-refractivity contribution in [3.05, 3.63) is 29.6 Å². The first-order valence-corrected chi connectivity index (χ1v) is 6.49. The number of benzene rings is 1. The first kappa shape index (κ1) is 11.3. The summed E-state index contributed by atoms with van der Waals surface area (Å²) < 4.78 is 13.6. The van der Waals surface area contributed by atoms with Crippen molar-refractivity contribution in [1.82, 2.24) is 0 Å². The van der Waals surface area contributed by atoms with Crippen LogP contribution >= 0.6 is 11.8 Å². The average Bonchev–Trinajstić information content (AvgIpc) is 2.33. The Labute approximate surface area is 98.8 Å². The number of hydrogen-bond acceptors (Lipinski definition) is 3. The maximum absolute atomic E-state index is 13.6. The van der Waals surface area contributed by atoms with Gasteiger partial charge in [-0.15, -0.1) is 0 Å². The van der Waals surface area contributed by atoms with E-state index in [1.54, 1.807) is 12.1 Å². The van der Waals surface area contributed by atoms with Crippen LogP contribution in [0.1, 0.15) is 18.4 Å². The van der Waals surface area contributed by atoms with Crippen LogP contribution in [0.2, 0.25) is 0 Å². The summed E-state index contributed by atoms with van der Waals surface area (Å²) in [5.41, 5.74) is 0.868. The van der Waals surface area contributed by atoms with E-state index < -0.39 is 0 Å². The van der Waals surface area contributed by atoms with Gasteiger partial charge in [-0.05, 0) is 36.8 Å². The predicted octanol–water partition coefficient (Wildman–Crippen LogP) is 3.00. The number of halogens is 1. The highest BCUT2D eigenvalue weighted by Gasteiger charge is 2.14. The summed E-state index contributed by atoms with van der Waals surface area (Å²) in [7, 11) is 0. The second kappa shape index (κ2) is 5.22. The van der Waals surface area contributed by atoms with Gasteiger partial charge < -0.3 is 5.32 Å². The zero-order valence-corrected chi connectivity index (χ0v) is 9.69. The topological polar surface area (TPSA) is 35.8 Å². The fraction of sp³-hybridized carbons (Fsp3) is 0.417. The fourth-order valence-corrected chi connectivity index (χ4v) is 2.85. The van der Waals surface area contributed by atoms with Crippen molar-refractivity contribution in [1.29, 1.82) is 5.26 Å². The normalized spacial score (nSPS) is 20.1. The molecule has 1 unspecified atom stereocenters. The van der Waals surface area contributed by atoms with Crippen molar-refractivity contribution in [2.45, 2.75) is 18.9 Å². The molecule has 0 saturated carbocycles. The Morgan fingerprint density at radius 1 is 1.50 bits per heavy atom. The number of rotatable bonds is 2. The Hall–Kier alpha value is -1.21. The van der Waals surface area contributed by atoms with Crippen LogP contribution in [0.15, 0.2) is 18.2 Å². The van der Waals surface area contributed by atoms with E-state index >= 15 is 0 Å². The summed E-state index contributed by atoms with van der Waals surface area (Å²) in [6.07, 6.45) is 2.27. The molecule has 1 heterocycles. The van der Waals surface area contributed by atoms with Crippen LogP contribution in [-0.4, -0.2) is 17.5 Å². The minimum atomic E-state index is -0.338. The number of hydrogen-bond donors (Lipinski definition) is 1. The molecular weight excluding hydrogens is 223 g/mol. The largest absolute Gasteiger partial charge is 0.379 e. The van der Waals surface area contributed by atoms with E-state index in [-0.39, 0.29) is 5.82 Å². The highest BCUT2D eigenvalue weighted by Crippen LogP contribution is 2.22. The van der Waals surface area contributed by atoms with Gasteiger partial charge in [0.15, 0.2) is 0 Å². The molecule has 0 aromatic heterocycles. The van der Waals surface area contributed by atoms with Crippen molar-refractivity contribution < 1.29 is 4.39 Å². The first-order chi connectivity index (χ1) is 7.79. The Bertz CT molecular complexity index is 408. The summed E-state index contributed by atoms with van der Waals surface area (Å²) in [5, 5.41) is 11.8. The highest BCUT2D eigenvalue weighted by molar-refractivity contribution is 7.99. The minimum absolute atomic E-state index is 0.338. The molecule has 1 atom stereocenters. The third-order valence-electron chi connectivity index (χ3n) is 2.62. The summed E-state index contributed by atoms with van der Waals surface area (Å²) in [4.78, 5) is 0. The number of nitrogens with zero attached hydrogens (tertiary/aromatic N) is 1. The number of anilines is 1. The summed E-state index contributed by atoms with van der Waals surface area (Å²) >= 11 is 1.90. The van der Waals surface area contributed by atoms with E-state index in [1.807, 2.05) is 17.8 Å². The second-order valence-corrected chi connectivity index (χ2v) is 5.01. The van der Waals surface area contributed by atoms with Gasteiger partial charge in [0.05, 0.1) is 17.3 Å². The minimum Gasteiger partial charge on any atom is -0.379 e. The molecule has 1 aliphatic heterocycles. The van der Waals surface area contributed by atoms with Gasteiger partial charge in [0.25, 0.3) is 0 Å². The highest BCUT2D eigenvalue weighted by atomic mass is 32.2. The number of thioether (sulfide) groups is 1. The Morgan fingerprint density at radius 2 is 2.38 bits per heavy atom. The molecule has 1 aromatic carbocycles. The standard InChI is InChI=1S/C12H13FN2S/c13-11-6-9(7-14)3-4-12(11)15-10-2-1-5-16-8-10/h3-4,6,10,15H,1-2,5,8H2. The van der Waals surface area contributed by atoms with Crippen molar-refractivity contribution in [2.24, 2.45) is 0 Å². The molecule has 1 fully saturated rings. The van der Waals surface area contributed by atoms with E-state index in [4.69, 9.17) is 5.26 Å². The summed E-state index contributed by atoms with van der Waals surface area (Å²) in [5.74, 6) is 1.89. The summed E-state index contributed by atoms with van der Waals surface area (Å²) in [6, 6.07) is 6.84. The van der Waals surface area contributed by atoms with Crippen LogP contribution in [-0.2, 0) is 0 Å².